The lowest BCUT2D eigenvalue weighted by Crippen LogP contribution is -2.16. The van der Waals surface area contributed by atoms with Gasteiger partial charge in [0, 0.05) is 12.8 Å². The van der Waals surface area contributed by atoms with Crippen LogP contribution in [0.4, 0.5) is 5.82 Å². The van der Waals surface area contributed by atoms with Crippen LogP contribution in [0.5, 0.6) is 11.5 Å². The highest BCUT2D eigenvalue weighted by Gasteiger charge is 2.18. The third-order valence-electron chi connectivity index (χ3n) is 3.53. The third-order valence-corrected chi connectivity index (χ3v) is 4.63. The minimum absolute atomic E-state index is 0.0161. The van der Waals surface area contributed by atoms with Gasteiger partial charge in [-0.25, -0.2) is 18.4 Å². The summed E-state index contributed by atoms with van der Waals surface area (Å²) in [6, 6.07) is 5.05. The Labute approximate surface area is 146 Å². The highest BCUT2D eigenvalue weighted by molar-refractivity contribution is 7.90. The zero-order valence-corrected chi connectivity index (χ0v) is 15.3. The first kappa shape index (κ1) is 18.9. The fourth-order valence-corrected chi connectivity index (χ4v) is 2.94. The number of aliphatic hydroxyl groups excluding tert-OH is 1. The summed E-state index contributed by atoms with van der Waals surface area (Å²) in [6.45, 7) is 1.72. The Bertz CT molecular complexity index is 855. The number of methoxy groups -OCH3 is 2. The van der Waals surface area contributed by atoms with Gasteiger partial charge in [-0.2, -0.15) is 0 Å². The second kappa shape index (κ2) is 7.66. The molecule has 0 amide bonds. The van der Waals surface area contributed by atoms with Crippen molar-refractivity contribution >= 4 is 15.7 Å². The number of hydrogen-bond acceptors (Lipinski definition) is 8. The summed E-state index contributed by atoms with van der Waals surface area (Å²) in [4.78, 5) is 8.00. The highest BCUT2D eigenvalue weighted by atomic mass is 32.2. The second-order valence-electron chi connectivity index (χ2n) is 5.41. The molecule has 1 aromatic carbocycles. The third kappa shape index (κ3) is 4.58. The van der Waals surface area contributed by atoms with Crippen LogP contribution in [-0.4, -0.2) is 50.5 Å². The van der Waals surface area contributed by atoms with Crippen molar-refractivity contribution in [3.63, 3.8) is 0 Å². The fourth-order valence-electron chi connectivity index (χ4n) is 2.23. The van der Waals surface area contributed by atoms with Crippen molar-refractivity contribution in [1.29, 1.82) is 0 Å². The predicted molar refractivity (Wildman–Crippen MR) is 92.9 cm³/mol. The number of rotatable bonds is 7. The number of benzene rings is 1. The maximum atomic E-state index is 11.8. The molecule has 0 unspecified atom stereocenters. The zero-order valence-electron chi connectivity index (χ0n) is 14.5. The molecule has 1 aromatic heterocycles. The van der Waals surface area contributed by atoms with E-state index in [9.17, 15) is 13.5 Å². The van der Waals surface area contributed by atoms with E-state index in [0.717, 1.165) is 6.26 Å². The van der Waals surface area contributed by atoms with E-state index in [2.05, 4.69) is 15.3 Å². The molecule has 8 nitrogen and oxygen atoms in total. The monoisotopic (exact) mass is 367 g/mol. The number of sulfone groups is 1. The number of ether oxygens (including phenoxy) is 2. The molecule has 0 fully saturated rings. The molecule has 1 atom stereocenters. The van der Waals surface area contributed by atoms with E-state index in [-0.39, 0.29) is 17.3 Å². The van der Waals surface area contributed by atoms with E-state index in [4.69, 9.17) is 9.47 Å². The Kier molecular flexibility index (Phi) is 5.81. The van der Waals surface area contributed by atoms with Crippen LogP contribution in [0.15, 0.2) is 29.3 Å². The summed E-state index contributed by atoms with van der Waals surface area (Å²) in [6.07, 6.45) is 1.43. The van der Waals surface area contributed by atoms with Crippen LogP contribution in [0.1, 0.15) is 17.5 Å². The van der Waals surface area contributed by atoms with Crippen molar-refractivity contribution < 1.29 is 23.0 Å². The highest BCUT2D eigenvalue weighted by Crippen LogP contribution is 2.30. The van der Waals surface area contributed by atoms with E-state index in [1.807, 2.05) is 0 Å². The normalized spacial score (nSPS) is 12.5. The molecule has 9 heteroatoms. The number of aliphatic hydroxyl groups is 1. The molecule has 0 aliphatic heterocycles. The second-order valence-corrected chi connectivity index (χ2v) is 7.40. The van der Waals surface area contributed by atoms with E-state index in [1.165, 1.54) is 20.4 Å². The van der Waals surface area contributed by atoms with Gasteiger partial charge < -0.3 is 19.9 Å². The number of aryl methyl sites for hydroxylation is 1. The Morgan fingerprint density at radius 1 is 1.24 bits per heavy atom. The molecule has 0 saturated heterocycles. The van der Waals surface area contributed by atoms with Crippen molar-refractivity contribution in [1.82, 2.24) is 9.97 Å². The fraction of sp³-hybridized carbons (Fsp3) is 0.375. The van der Waals surface area contributed by atoms with Gasteiger partial charge in [0.25, 0.3) is 0 Å². The predicted octanol–water partition coefficient (Wildman–Crippen LogP) is 1.35. The zero-order chi connectivity index (χ0) is 18.6. The lowest BCUT2D eigenvalue weighted by Gasteiger charge is -2.16. The molecule has 0 aliphatic carbocycles. The average Bonchev–Trinajstić information content (AvgIpc) is 2.57. The Morgan fingerprint density at radius 2 is 1.92 bits per heavy atom. The van der Waals surface area contributed by atoms with Gasteiger partial charge in [0.2, 0.25) is 0 Å². The molecule has 0 bridgehead atoms. The van der Waals surface area contributed by atoms with Crippen LogP contribution in [-0.2, 0) is 9.84 Å². The smallest absolute Gasteiger partial charge is 0.180 e. The van der Waals surface area contributed by atoms with Crippen molar-refractivity contribution in [2.45, 2.75) is 17.9 Å². The van der Waals surface area contributed by atoms with Crippen LogP contribution in [0, 0.1) is 6.92 Å². The summed E-state index contributed by atoms with van der Waals surface area (Å²) in [5.41, 5.74) is 0.594. The minimum atomic E-state index is -3.49. The van der Waals surface area contributed by atoms with E-state index in [1.54, 1.807) is 25.1 Å². The Morgan fingerprint density at radius 3 is 2.52 bits per heavy atom. The van der Waals surface area contributed by atoms with Crippen LogP contribution >= 0.6 is 0 Å². The number of nitrogens with zero attached hydrogens (tertiary/aromatic N) is 2. The topological polar surface area (TPSA) is 111 Å². The molecule has 2 N–H and O–H groups in total. The first-order valence-electron chi connectivity index (χ1n) is 7.43. The van der Waals surface area contributed by atoms with Gasteiger partial charge in [0.1, 0.15) is 16.5 Å². The van der Waals surface area contributed by atoms with Crippen LogP contribution < -0.4 is 14.8 Å². The lowest BCUT2D eigenvalue weighted by atomic mass is 10.1. The molecule has 2 rings (SSSR count). The van der Waals surface area contributed by atoms with Crippen LogP contribution in [0.25, 0.3) is 0 Å². The maximum Gasteiger partial charge on any atom is 0.180 e. The molecule has 136 valence electrons. The van der Waals surface area contributed by atoms with E-state index in [0.29, 0.717) is 22.9 Å². The summed E-state index contributed by atoms with van der Waals surface area (Å²) in [5.74, 6) is 1.64. The molecule has 25 heavy (non-hydrogen) atoms. The molecule has 0 radical (unpaired) electrons. The van der Waals surface area contributed by atoms with Crippen LogP contribution in [0.2, 0.25) is 0 Å². The Hall–Kier alpha value is -2.39. The van der Waals surface area contributed by atoms with Gasteiger partial charge >= 0.3 is 0 Å². The number of aromatic nitrogens is 2. The average molecular weight is 367 g/mol. The van der Waals surface area contributed by atoms with Gasteiger partial charge in [-0.05, 0) is 24.6 Å². The molecule has 1 heterocycles. The van der Waals surface area contributed by atoms with Crippen molar-refractivity contribution in [3.05, 3.63) is 35.8 Å². The Balaban J connectivity index is 2.20. The summed E-state index contributed by atoms with van der Waals surface area (Å²) >= 11 is 0. The lowest BCUT2D eigenvalue weighted by molar-refractivity contribution is 0.190. The minimum Gasteiger partial charge on any atom is -0.493 e. The van der Waals surface area contributed by atoms with Gasteiger partial charge in [-0.3, -0.25) is 0 Å². The first-order valence-corrected chi connectivity index (χ1v) is 9.33. The maximum absolute atomic E-state index is 11.8. The van der Waals surface area contributed by atoms with E-state index >= 15 is 0 Å². The summed E-state index contributed by atoms with van der Waals surface area (Å²) < 4.78 is 34.0. The quantitative estimate of drug-likeness (QED) is 0.754. The van der Waals surface area contributed by atoms with Gasteiger partial charge in [0.15, 0.2) is 21.3 Å². The molecule has 2 aromatic rings. The standard InChI is InChI=1S/C16H21N3O5S/c1-10-17-9-15(25(4,21)22)16(19-10)18-8-12(20)11-5-6-13(23-2)14(7-11)24-3/h5-7,9,12,20H,8H2,1-4H3,(H,17,18,19)/t12-/m0/s1. The van der Waals surface area contributed by atoms with Gasteiger partial charge in [-0.15, -0.1) is 0 Å². The van der Waals surface area contributed by atoms with Gasteiger partial charge in [-0.1, -0.05) is 6.07 Å². The first-order chi connectivity index (χ1) is 11.8. The molecular formula is C16H21N3O5S. The number of hydrogen-bond donors (Lipinski definition) is 2. The van der Waals surface area contributed by atoms with Crippen LogP contribution in [0.3, 0.4) is 0 Å². The number of nitrogens with one attached hydrogen (secondary N) is 1. The summed E-state index contributed by atoms with van der Waals surface area (Å²) in [5, 5.41) is 13.2. The molecule has 0 spiro atoms. The number of anilines is 1. The van der Waals surface area contributed by atoms with Gasteiger partial charge in [0.05, 0.1) is 26.5 Å². The largest absolute Gasteiger partial charge is 0.493 e. The van der Waals surface area contributed by atoms with Crippen molar-refractivity contribution in [2.75, 3.05) is 32.3 Å². The van der Waals surface area contributed by atoms with Crippen molar-refractivity contribution in [3.8, 4) is 11.5 Å². The molecule has 0 aliphatic rings. The summed E-state index contributed by atoms with van der Waals surface area (Å²) in [7, 11) is -0.452. The van der Waals surface area contributed by atoms with E-state index < -0.39 is 15.9 Å². The van der Waals surface area contributed by atoms with Crippen molar-refractivity contribution in [2.24, 2.45) is 0 Å². The SMILES string of the molecule is COc1ccc([C@@H](O)CNc2nc(C)ncc2S(C)(=O)=O)cc1OC. The molecule has 0 saturated carbocycles. The molecular weight excluding hydrogens is 346 g/mol.